The summed E-state index contributed by atoms with van der Waals surface area (Å²) in [6.45, 7) is 6.55. The fraction of sp³-hybridized carbons (Fsp3) is 0.400. The van der Waals surface area contributed by atoms with Crippen molar-refractivity contribution in [3.8, 4) is 0 Å². The molecule has 1 fully saturated rings. The van der Waals surface area contributed by atoms with Crippen molar-refractivity contribution in [2.45, 2.75) is 19.7 Å². The van der Waals surface area contributed by atoms with E-state index in [2.05, 4.69) is 22.2 Å². The first kappa shape index (κ1) is 22.9. The minimum Gasteiger partial charge on any atom is -0.445 e. The average Bonchev–Trinajstić information content (AvgIpc) is 2.91. The number of nitrogens with zero attached hydrogens (tertiary/aromatic N) is 4. The molecule has 1 N–H and O–H groups in total. The summed E-state index contributed by atoms with van der Waals surface area (Å²) in [5.41, 5.74) is 4.41. The molecule has 2 aromatic rings. The standard InChI is InChI=1S/C25H31N5O3/c1-18-8-7-11-20-21(16-30-14-12-28(2)13-15-30)26-23(24(31)29(3)22(18)20)27-25(32)33-17-19-9-5-4-6-10-19/h4-11,23H,12-17H2,1-3H3,(H,27,32)/t23-/m1/s1. The monoisotopic (exact) mass is 449 g/mol. The minimum atomic E-state index is -1.05. The number of piperazine rings is 1. The summed E-state index contributed by atoms with van der Waals surface area (Å²) in [6, 6.07) is 15.4. The van der Waals surface area contributed by atoms with Crippen LogP contribution in [0.1, 0.15) is 16.7 Å². The first-order valence-electron chi connectivity index (χ1n) is 11.2. The van der Waals surface area contributed by atoms with Gasteiger partial charge in [0.05, 0.1) is 11.4 Å². The number of amides is 2. The van der Waals surface area contributed by atoms with Crippen LogP contribution >= 0.6 is 0 Å². The molecule has 1 atom stereocenters. The minimum absolute atomic E-state index is 0.126. The largest absolute Gasteiger partial charge is 0.445 e. The normalized spacial score (nSPS) is 19.5. The molecule has 2 heterocycles. The Bertz CT molecular complexity index is 1030. The van der Waals surface area contributed by atoms with Crippen molar-refractivity contribution < 1.29 is 14.3 Å². The van der Waals surface area contributed by atoms with E-state index in [0.717, 1.165) is 54.3 Å². The van der Waals surface area contributed by atoms with Gasteiger partial charge >= 0.3 is 6.09 Å². The van der Waals surface area contributed by atoms with Crippen molar-refractivity contribution in [3.63, 3.8) is 0 Å². The summed E-state index contributed by atoms with van der Waals surface area (Å²) < 4.78 is 5.35. The van der Waals surface area contributed by atoms with Crippen LogP contribution in [0.3, 0.4) is 0 Å². The molecule has 2 aliphatic rings. The fourth-order valence-corrected chi connectivity index (χ4v) is 4.23. The third-order valence-corrected chi connectivity index (χ3v) is 6.17. The van der Waals surface area contributed by atoms with Crippen LogP contribution in [0.25, 0.3) is 0 Å². The number of alkyl carbamates (subject to hydrolysis) is 1. The highest BCUT2D eigenvalue weighted by atomic mass is 16.5. The molecule has 8 heteroatoms. The molecule has 2 amide bonds. The number of hydrogen-bond donors (Lipinski definition) is 1. The molecule has 8 nitrogen and oxygen atoms in total. The topological polar surface area (TPSA) is 77.5 Å². The van der Waals surface area contributed by atoms with Gasteiger partial charge < -0.3 is 14.5 Å². The van der Waals surface area contributed by atoms with Gasteiger partial charge in [-0.1, -0.05) is 48.5 Å². The van der Waals surface area contributed by atoms with Gasteiger partial charge in [-0.15, -0.1) is 0 Å². The van der Waals surface area contributed by atoms with Gasteiger partial charge in [-0.25, -0.2) is 4.79 Å². The van der Waals surface area contributed by atoms with Gasteiger partial charge in [0.25, 0.3) is 5.91 Å². The second-order valence-electron chi connectivity index (χ2n) is 8.63. The zero-order valence-corrected chi connectivity index (χ0v) is 19.5. The lowest BCUT2D eigenvalue weighted by molar-refractivity contribution is -0.120. The van der Waals surface area contributed by atoms with Gasteiger partial charge in [0.2, 0.25) is 6.17 Å². The highest BCUT2D eigenvalue weighted by molar-refractivity contribution is 6.14. The summed E-state index contributed by atoms with van der Waals surface area (Å²) in [5, 5.41) is 2.67. The number of carbonyl (C=O) groups excluding carboxylic acids is 2. The summed E-state index contributed by atoms with van der Waals surface area (Å²) in [7, 11) is 3.85. The highest BCUT2D eigenvalue weighted by Crippen LogP contribution is 2.28. The number of nitrogens with one attached hydrogen (secondary N) is 1. The number of hydrogen-bond acceptors (Lipinski definition) is 6. The van der Waals surface area contributed by atoms with Crippen molar-refractivity contribution in [3.05, 3.63) is 65.2 Å². The van der Waals surface area contributed by atoms with Crippen LogP contribution in [0.15, 0.2) is 53.5 Å². The number of para-hydroxylation sites is 1. The summed E-state index contributed by atoms with van der Waals surface area (Å²) in [4.78, 5) is 36.8. The molecule has 33 heavy (non-hydrogen) atoms. The molecule has 174 valence electrons. The number of aryl methyl sites for hydroxylation is 1. The quantitative estimate of drug-likeness (QED) is 0.758. The number of benzene rings is 2. The van der Waals surface area contributed by atoms with Crippen LogP contribution in [0.5, 0.6) is 0 Å². The van der Waals surface area contributed by atoms with E-state index in [1.54, 1.807) is 11.9 Å². The van der Waals surface area contributed by atoms with E-state index in [-0.39, 0.29) is 12.5 Å². The van der Waals surface area contributed by atoms with E-state index >= 15 is 0 Å². The fourth-order valence-electron chi connectivity index (χ4n) is 4.23. The lowest BCUT2D eigenvalue weighted by Crippen LogP contribution is -2.47. The number of rotatable bonds is 5. The molecule has 0 radical (unpaired) electrons. The lowest BCUT2D eigenvalue weighted by atomic mass is 10.0. The van der Waals surface area contributed by atoms with Crippen molar-refractivity contribution in [2.24, 2.45) is 4.99 Å². The van der Waals surface area contributed by atoms with E-state index in [0.29, 0.717) is 6.54 Å². The van der Waals surface area contributed by atoms with Crippen molar-refractivity contribution >= 4 is 23.4 Å². The number of carbonyl (C=O) groups is 2. The van der Waals surface area contributed by atoms with Crippen LogP contribution in [0, 0.1) is 6.92 Å². The van der Waals surface area contributed by atoms with Crippen molar-refractivity contribution in [2.75, 3.05) is 51.7 Å². The van der Waals surface area contributed by atoms with Gasteiger partial charge in [0, 0.05) is 45.3 Å². The summed E-state index contributed by atoms with van der Waals surface area (Å²) >= 11 is 0. The maximum Gasteiger partial charge on any atom is 0.409 e. The molecule has 0 aromatic heterocycles. The molecule has 0 spiro atoms. The van der Waals surface area contributed by atoms with Gasteiger partial charge in [-0.2, -0.15) is 0 Å². The van der Waals surface area contributed by atoms with Crippen LogP contribution in [0.2, 0.25) is 0 Å². The number of ether oxygens (including phenoxy) is 1. The van der Waals surface area contributed by atoms with Crippen molar-refractivity contribution in [1.29, 1.82) is 0 Å². The Morgan fingerprint density at radius 3 is 2.52 bits per heavy atom. The third kappa shape index (κ3) is 5.40. The SMILES string of the molecule is Cc1cccc2c1N(C)C(=O)[C@@H](NC(=O)OCc1ccccc1)N=C2CN1CCN(C)CC1. The second-order valence-corrected chi connectivity index (χ2v) is 8.63. The average molecular weight is 450 g/mol. The molecule has 0 saturated carbocycles. The maximum atomic E-state index is 13.3. The zero-order valence-electron chi connectivity index (χ0n) is 19.5. The van der Waals surface area contributed by atoms with Crippen LogP contribution in [-0.4, -0.2) is 80.5 Å². The number of anilines is 1. The molecule has 0 unspecified atom stereocenters. The summed E-state index contributed by atoms with van der Waals surface area (Å²) in [5.74, 6) is -0.296. The zero-order chi connectivity index (χ0) is 23.4. The van der Waals surface area contributed by atoms with Crippen LogP contribution in [0.4, 0.5) is 10.5 Å². The highest BCUT2D eigenvalue weighted by Gasteiger charge is 2.32. The molecule has 1 saturated heterocycles. The van der Waals surface area contributed by atoms with Gasteiger partial charge in [0.1, 0.15) is 6.61 Å². The van der Waals surface area contributed by atoms with Gasteiger partial charge in [-0.3, -0.25) is 20.0 Å². The molecule has 2 aromatic carbocycles. The molecule has 4 rings (SSSR count). The van der Waals surface area contributed by atoms with Crippen molar-refractivity contribution in [1.82, 2.24) is 15.1 Å². The second kappa shape index (κ2) is 10.1. The molecule has 0 bridgehead atoms. The molecule has 2 aliphatic heterocycles. The molecular formula is C25H31N5O3. The smallest absolute Gasteiger partial charge is 0.409 e. The van der Waals surface area contributed by atoms with E-state index in [4.69, 9.17) is 9.73 Å². The molecule has 0 aliphatic carbocycles. The predicted octanol–water partition coefficient (Wildman–Crippen LogP) is 2.26. The van der Waals surface area contributed by atoms with Crippen LogP contribution < -0.4 is 10.2 Å². The predicted molar refractivity (Wildman–Crippen MR) is 129 cm³/mol. The Morgan fingerprint density at radius 1 is 1.06 bits per heavy atom. The number of benzodiazepines with no additional fused rings is 1. The Kier molecular flexibility index (Phi) is 7.05. The Hall–Kier alpha value is -3.23. The van der Waals surface area contributed by atoms with E-state index in [9.17, 15) is 9.59 Å². The van der Waals surface area contributed by atoms with Crippen LogP contribution in [-0.2, 0) is 16.1 Å². The Labute approximate surface area is 194 Å². The third-order valence-electron chi connectivity index (χ3n) is 6.17. The first-order valence-corrected chi connectivity index (χ1v) is 11.2. The van der Waals surface area contributed by atoms with Gasteiger partial charge in [0.15, 0.2) is 0 Å². The summed E-state index contributed by atoms with van der Waals surface area (Å²) in [6.07, 6.45) is -1.72. The molecular weight excluding hydrogens is 418 g/mol. The number of likely N-dealkylation sites (N-methyl/N-ethyl adjacent to an activating group) is 2. The van der Waals surface area contributed by atoms with Gasteiger partial charge in [-0.05, 0) is 25.1 Å². The first-order chi connectivity index (χ1) is 15.9. The lowest BCUT2D eigenvalue weighted by Gasteiger charge is -2.32. The van der Waals surface area contributed by atoms with E-state index < -0.39 is 12.3 Å². The number of fused-ring (bicyclic) bond motifs is 1. The van der Waals surface area contributed by atoms with E-state index in [1.165, 1.54) is 0 Å². The van der Waals surface area contributed by atoms with E-state index in [1.807, 2.05) is 55.5 Å². The maximum absolute atomic E-state index is 13.3. The number of aliphatic imine (C=N–C) groups is 1. The Morgan fingerprint density at radius 2 is 1.79 bits per heavy atom. The Balaban J connectivity index is 1.56.